The second-order valence-corrected chi connectivity index (χ2v) is 9.82. The average molecular weight is 573 g/mol. The molecule has 10 heteroatoms. The largest absolute Gasteiger partial charge is 0.493 e. The summed E-state index contributed by atoms with van der Waals surface area (Å²) >= 11 is 3.57. The minimum absolute atomic E-state index is 0.0279. The number of alkyl halides is 5. The molecule has 1 aliphatic carbocycles. The van der Waals surface area contributed by atoms with Crippen LogP contribution in [0.1, 0.15) is 61.8 Å². The number of methoxy groups -OCH3 is 1. The van der Waals surface area contributed by atoms with Crippen LogP contribution in [0.5, 0.6) is 11.5 Å². The van der Waals surface area contributed by atoms with Crippen LogP contribution in [0, 0.1) is 5.92 Å². The molecule has 36 heavy (non-hydrogen) atoms. The Balaban J connectivity index is 1.50. The number of ether oxygens (including phenoxy) is 2. The first-order valence-electron chi connectivity index (χ1n) is 11.7. The minimum Gasteiger partial charge on any atom is -0.493 e. The van der Waals surface area contributed by atoms with Gasteiger partial charge in [-0.15, -0.1) is 0 Å². The van der Waals surface area contributed by atoms with Crippen molar-refractivity contribution >= 4 is 27.2 Å². The van der Waals surface area contributed by atoms with Crippen molar-refractivity contribution < 1.29 is 31.4 Å². The van der Waals surface area contributed by atoms with Gasteiger partial charge in [0.25, 0.3) is 0 Å². The van der Waals surface area contributed by atoms with Crippen molar-refractivity contribution in [2.45, 2.75) is 63.7 Å². The zero-order valence-electron chi connectivity index (χ0n) is 19.7. The van der Waals surface area contributed by atoms with Crippen LogP contribution in [0.15, 0.2) is 46.1 Å². The van der Waals surface area contributed by atoms with Gasteiger partial charge in [-0.1, -0.05) is 6.07 Å². The number of aromatic nitrogens is 1. The summed E-state index contributed by atoms with van der Waals surface area (Å²) < 4.78 is 78.0. The third-order valence-corrected chi connectivity index (χ3v) is 7.16. The summed E-state index contributed by atoms with van der Waals surface area (Å²) in [6, 6.07) is 7.62. The molecule has 4 nitrogen and oxygen atoms in total. The van der Waals surface area contributed by atoms with Gasteiger partial charge in [0.15, 0.2) is 11.5 Å². The molecule has 0 amide bonds. The molecule has 1 unspecified atom stereocenters. The summed E-state index contributed by atoms with van der Waals surface area (Å²) in [6.07, 6.45) is -0.434. The summed E-state index contributed by atoms with van der Waals surface area (Å²) in [5.41, 5.74) is 2.16. The highest BCUT2D eigenvalue weighted by Crippen LogP contribution is 2.41. The van der Waals surface area contributed by atoms with Crippen molar-refractivity contribution in [3.05, 3.63) is 58.0 Å². The molecule has 0 bridgehead atoms. The number of hydrogen-bond acceptors (Lipinski definition) is 4. The molecule has 0 saturated heterocycles. The van der Waals surface area contributed by atoms with Crippen LogP contribution in [0.2, 0.25) is 0 Å². The van der Waals surface area contributed by atoms with Crippen LogP contribution >= 0.6 is 15.9 Å². The zero-order chi connectivity index (χ0) is 25.9. The lowest BCUT2D eigenvalue weighted by Crippen LogP contribution is -2.30. The molecule has 2 aromatic rings. The maximum atomic E-state index is 14.0. The van der Waals surface area contributed by atoms with Crippen LogP contribution in [-0.2, 0) is 12.8 Å². The fourth-order valence-electron chi connectivity index (χ4n) is 4.62. The van der Waals surface area contributed by atoms with E-state index in [9.17, 15) is 22.0 Å². The fourth-order valence-corrected chi connectivity index (χ4v) is 5.27. The summed E-state index contributed by atoms with van der Waals surface area (Å²) in [6.45, 7) is -0.0279. The Bertz CT molecular complexity index is 1150. The summed E-state index contributed by atoms with van der Waals surface area (Å²) in [5.74, 6) is -1.96. The summed E-state index contributed by atoms with van der Waals surface area (Å²) in [5, 5.41) is 0. The Hall–Kier alpha value is -2.49. The van der Waals surface area contributed by atoms with Crippen molar-refractivity contribution in [1.29, 1.82) is 0 Å². The number of aliphatic imine (C=N–C) groups is 1. The quantitative estimate of drug-likeness (QED) is 0.259. The fraction of sp³-hybridized carbons (Fsp3) is 0.462. The number of nitrogens with zero attached hydrogens (tertiary/aromatic N) is 2. The second kappa shape index (κ2) is 10.9. The van der Waals surface area contributed by atoms with E-state index in [2.05, 4.69) is 20.9 Å². The van der Waals surface area contributed by atoms with Crippen molar-refractivity contribution in [2.24, 2.45) is 10.9 Å². The number of rotatable bonds is 6. The van der Waals surface area contributed by atoms with Gasteiger partial charge < -0.3 is 9.47 Å². The molecule has 2 aliphatic rings. The van der Waals surface area contributed by atoms with Gasteiger partial charge >= 0.3 is 6.18 Å². The van der Waals surface area contributed by atoms with Crippen LogP contribution in [0.4, 0.5) is 22.0 Å². The summed E-state index contributed by atoms with van der Waals surface area (Å²) in [4.78, 5) is 8.54. The highest BCUT2D eigenvalue weighted by molar-refractivity contribution is 9.11. The van der Waals surface area contributed by atoms with Crippen LogP contribution < -0.4 is 9.47 Å². The lowest BCUT2D eigenvalue weighted by molar-refractivity contribution is -0.137. The van der Waals surface area contributed by atoms with Crippen LogP contribution in [0.25, 0.3) is 5.57 Å². The Morgan fingerprint density at radius 2 is 1.89 bits per heavy atom. The topological polar surface area (TPSA) is 43.7 Å². The summed E-state index contributed by atoms with van der Waals surface area (Å²) in [7, 11) is 1.50. The molecule has 1 aromatic heterocycles. The normalized spacial score (nSPS) is 20.5. The third-order valence-electron chi connectivity index (χ3n) is 6.50. The van der Waals surface area contributed by atoms with Crippen molar-refractivity contribution in [1.82, 2.24) is 4.98 Å². The molecule has 0 N–H and O–H groups in total. The number of pyridine rings is 1. The second-order valence-electron chi connectivity index (χ2n) is 9.07. The number of halogens is 6. The smallest absolute Gasteiger partial charge is 0.417 e. The van der Waals surface area contributed by atoms with Gasteiger partial charge in [-0.05, 0) is 83.4 Å². The highest BCUT2D eigenvalue weighted by atomic mass is 79.9. The van der Waals surface area contributed by atoms with Crippen LogP contribution in [-0.4, -0.2) is 23.7 Å². The molecule has 1 saturated carbocycles. The lowest BCUT2D eigenvalue weighted by Gasteiger charge is -2.29. The van der Waals surface area contributed by atoms with Gasteiger partial charge in [-0.2, -0.15) is 13.2 Å². The van der Waals surface area contributed by atoms with Crippen molar-refractivity contribution in [2.75, 3.05) is 7.11 Å². The van der Waals surface area contributed by atoms with E-state index in [0.717, 1.165) is 48.4 Å². The van der Waals surface area contributed by atoms with E-state index in [4.69, 9.17) is 14.5 Å². The SMILES string of the molecule is COc1cc(C2=C(Br)N=C(C3CCCC(F)(F)C3)CCC2)ccc1OCc1ccc(C(F)(F)F)cn1. The first-order valence-corrected chi connectivity index (χ1v) is 12.5. The maximum absolute atomic E-state index is 14.0. The van der Waals surface area contributed by atoms with Gasteiger partial charge in [0.05, 0.1) is 18.4 Å². The first kappa shape index (κ1) is 26.6. The first-order chi connectivity index (χ1) is 17.1. The van der Waals surface area contributed by atoms with E-state index in [1.165, 1.54) is 13.2 Å². The standard InChI is InChI=1S/C26H26BrF5N2O2/c1-35-23-12-16(7-10-22(23)36-15-19-9-8-18(14-33-19)26(30,31)32)20-5-2-6-21(34-24(20)27)17-4-3-11-25(28,29)13-17/h7-10,12,14,17H,2-6,11,13,15H2,1H3. The monoisotopic (exact) mass is 572 g/mol. The van der Waals surface area contributed by atoms with Gasteiger partial charge in [-0.25, -0.2) is 13.8 Å². The molecule has 0 radical (unpaired) electrons. The Kier molecular flexibility index (Phi) is 8.02. The molecule has 0 spiro atoms. The van der Waals surface area contributed by atoms with E-state index in [1.54, 1.807) is 12.1 Å². The van der Waals surface area contributed by atoms with E-state index in [1.807, 2.05) is 6.07 Å². The Morgan fingerprint density at radius 1 is 1.08 bits per heavy atom. The zero-order valence-corrected chi connectivity index (χ0v) is 21.3. The van der Waals surface area contributed by atoms with E-state index < -0.39 is 17.7 Å². The minimum atomic E-state index is -4.45. The van der Waals surface area contributed by atoms with E-state index >= 15 is 0 Å². The van der Waals surface area contributed by atoms with Crippen molar-refractivity contribution in [3.63, 3.8) is 0 Å². The molecule has 1 atom stereocenters. The van der Waals surface area contributed by atoms with E-state index in [-0.39, 0.29) is 25.4 Å². The van der Waals surface area contributed by atoms with E-state index in [0.29, 0.717) is 34.6 Å². The van der Waals surface area contributed by atoms with Gasteiger partial charge in [0.2, 0.25) is 5.92 Å². The van der Waals surface area contributed by atoms with Gasteiger partial charge in [0, 0.05) is 30.7 Å². The highest BCUT2D eigenvalue weighted by Gasteiger charge is 2.38. The third kappa shape index (κ3) is 6.44. The lowest BCUT2D eigenvalue weighted by atomic mass is 9.82. The van der Waals surface area contributed by atoms with Gasteiger partial charge in [0.1, 0.15) is 11.2 Å². The number of allylic oxidation sites excluding steroid dienone is 1. The Morgan fingerprint density at radius 3 is 2.56 bits per heavy atom. The molecular formula is C26H26BrF5N2O2. The Labute approximate surface area is 214 Å². The van der Waals surface area contributed by atoms with Crippen molar-refractivity contribution in [3.8, 4) is 11.5 Å². The molecule has 194 valence electrons. The predicted octanol–water partition coefficient (Wildman–Crippen LogP) is 8.20. The molecule has 1 aliphatic heterocycles. The maximum Gasteiger partial charge on any atom is 0.417 e. The van der Waals surface area contributed by atoms with Crippen LogP contribution in [0.3, 0.4) is 0 Å². The van der Waals surface area contributed by atoms with Gasteiger partial charge in [-0.3, -0.25) is 4.98 Å². The molecule has 2 heterocycles. The molecule has 1 fully saturated rings. The average Bonchev–Trinajstić information content (AvgIpc) is 3.03. The molecule has 4 rings (SSSR count). The number of hydrogen-bond donors (Lipinski definition) is 0. The predicted molar refractivity (Wildman–Crippen MR) is 131 cm³/mol. The molecular weight excluding hydrogens is 547 g/mol. The number of benzene rings is 1. The molecule has 1 aromatic carbocycles.